The zero-order chi connectivity index (χ0) is 14.6. The molecule has 0 aliphatic carbocycles. The number of amides is 1. The monoisotopic (exact) mass is 303 g/mol. The molecule has 102 valence electrons. The second-order valence-corrected chi connectivity index (χ2v) is 4.68. The van der Waals surface area contributed by atoms with Gasteiger partial charge in [-0.2, -0.15) is 0 Å². The van der Waals surface area contributed by atoms with Crippen molar-refractivity contribution in [2.75, 3.05) is 7.05 Å². The van der Waals surface area contributed by atoms with E-state index in [1.165, 1.54) is 11.9 Å². The van der Waals surface area contributed by atoms with Gasteiger partial charge in [-0.15, -0.1) is 0 Å². The first-order valence-electron chi connectivity index (χ1n) is 5.13. The van der Waals surface area contributed by atoms with Crippen LogP contribution in [0.3, 0.4) is 0 Å². The standard InChI is InChI=1S/C12H11Cl2NO4/c1-15(11(17)5-10(16)12(18)19)6-7-2-8(13)4-9(14)3-7/h2-5,16H,6H2,1H3,(H,18,19). The number of carboxylic acid groups (broad SMARTS) is 1. The zero-order valence-corrected chi connectivity index (χ0v) is 11.4. The van der Waals surface area contributed by atoms with E-state index in [1.54, 1.807) is 18.2 Å². The second kappa shape index (κ2) is 6.45. The molecule has 1 amide bonds. The Bertz CT molecular complexity index is 522. The van der Waals surface area contributed by atoms with Crippen LogP contribution in [0, 0.1) is 0 Å². The van der Waals surface area contributed by atoms with E-state index in [-0.39, 0.29) is 6.54 Å². The number of carboxylic acids is 1. The third-order valence-corrected chi connectivity index (χ3v) is 2.63. The Kier molecular flexibility index (Phi) is 5.20. The molecule has 19 heavy (non-hydrogen) atoms. The Morgan fingerprint density at radius 2 is 1.74 bits per heavy atom. The summed E-state index contributed by atoms with van der Waals surface area (Å²) in [7, 11) is 1.46. The van der Waals surface area contributed by atoms with Crippen molar-refractivity contribution >= 4 is 35.1 Å². The molecule has 0 heterocycles. The normalized spacial score (nSPS) is 11.2. The van der Waals surface area contributed by atoms with Gasteiger partial charge in [-0.05, 0) is 23.8 Å². The first kappa shape index (κ1) is 15.3. The van der Waals surface area contributed by atoms with Gasteiger partial charge in [0.25, 0.3) is 5.91 Å². The van der Waals surface area contributed by atoms with Gasteiger partial charge in [0.2, 0.25) is 5.76 Å². The minimum absolute atomic E-state index is 0.183. The molecule has 0 fully saturated rings. The fourth-order valence-electron chi connectivity index (χ4n) is 1.34. The number of carbonyl (C=O) groups is 2. The Hall–Kier alpha value is -1.72. The molecule has 1 aromatic rings. The third-order valence-electron chi connectivity index (χ3n) is 2.20. The summed E-state index contributed by atoms with van der Waals surface area (Å²) in [6.45, 7) is 0.183. The Balaban J connectivity index is 2.79. The average Bonchev–Trinajstić information content (AvgIpc) is 2.26. The van der Waals surface area contributed by atoms with E-state index >= 15 is 0 Å². The summed E-state index contributed by atoms with van der Waals surface area (Å²) in [5.74, 6) is -3.22. The van der Waals surface area contributed by atoms with Crippen LogP contribution in [-0.4, -0.2) is 34.0 Å². The highest BCUT2D eigenvalue weighted by Gasteiger charge is 2.12. The van der Waals surface area contributed by atoms with Crippen molar-refractivity contribution in [1.29, 1.82) is 0 Å². The lowest BCUT2D eigenvalue weighted by Gasteiger charge is -2.15. The molecule has 0 aliphatic heterocycles. The summed E-state index contributed by atoms with van der Waals surface area (Å²) >= 11 is 11.6. The van der Waals surface area contributed by atoms with Gasteiger partial charge in [0.1, 0.15) is 0 Å². The Morgan fingerprint density at radius 3 is 2.21 bits per heavy atom. The van der Waals surface area contributed by atoms with E-state index in [0.29, 0.717) is 21.7 Å². The Labute approximate surface area is 119 Å². The van der Waals surface area contributed by atoms with E-state index in [9.17, 15) is 9.59 Å². The van der Waals surface area contributed by atoms with E-state index in [4.69, 9.17) is 33.4 Å². The predicted octanol–water partition coefficient (Wildman–Crippen LogP) is 2.48. The molecule has 1 aromatic carbocycles. The molecule has 0 spiro atoms. The van der Waals surface area contributed by atoms with Gasteiger partial charge < -0.3 is 15.1 Å². The van der Waals surface area contributed by atoms with Crippen molar-refractivity contribution in [3.05, 3.63) is 45.6 Å². The summed E-state index contributed by atoms with van der Waals surface area (Å²) in [4.78, 5) is 23.2. The highest BCUT2D eigenvalue weighted by molar-refractivity contribution is 6.34. The van der Waals surface area contributed by atoms with E-state index in [2.05, 4.69) is 0 Å². The van der Waals surface area contributed by atoms with Gasteiger partial charge in [0, 0.05) is 23.6 Å². The van der Waals surface area contributed by atoms with Crippen molar-refractivity contribution in [3.63, 3.8) is 0 Å². The fourth-order valence-corrected chi connectivity index (χ4v) is 1.91. The molecular weight excluding hydrogens is 293 g/mol. The number of likely N-dealkylation sites (N-methyl/N-ethyl adjacent to an activating group) is 1. The van der Waals surface area contributed by atoms with Crippen molar-refractivity contribution < 1.29 is 19.8 Å². The summed E-state index contributed by atoms with van der Waals surface area (Å²) in [5.41, 5.74) is 0.691. The van der Waals surface area contributed by atoms with E-state index < -0.39 is 17.6 Å². The first-order valence-corrected chi connectivity index (χ1v) is 5.89. The number of aliphatic hydroxyl groups excluding tert-OH is 1. The lowest BCUT2D eigenvalue weighted by Crippen LogP contribution is -2.25. The van der Waals surface area contributed by atoms with Gasteiger partial charge in [-0.1, -0.05) is 23.2 Å². The quantitative estimate of drug-likeness (QED) is 0.661. The van der Waals surface area contributed by atoms with Crippen LogP contribution in [0.25, 0.3) is 0 Å². The van der Waals surface area contributed by atoms with E-state index in [0.717, 1.165) is 0 Å². The molecule has 0 bridgehead atoms. The maximum absolute atomic E-state index is 11.6. The maximum Gasteiger partial charge on any atom is 0.371 e. The highest BCUT2D eigenvalue weighted by Crippen LogP contribution is 2.20. The maximum atomic E-state index is 11.6. The third kappa shape index (κ3) is 4.81. The summed E-state index contributed by atoms with van der Waals surface area (Å²) < 4.78 is 0. The summed E-state index contributed by atoms with van der Waals surface area (Å²) in [6.07, 6.45) is 0.633. The van der Waals surface area contributed by atoms with Crippen molar-refractivity contribution in [1.82, 2.24) is 4.90 Å². The molecule has 1 rings (SSSR count). The minimum Gasteiger partial charge on any atom is -0.502 e. The molecule has 2 N–H and O–H groups in total. The summed E-state index contributed by atoms with van der Waals surface area (Å²) in [6, 6.07) is 4.83. The van der Waals surface area contributed by atoms with Crippen LogP contribution < -0.4 is 0 Å². The predicted molar refractivity (Wildman–Crippen MR) is 71.3 cm³/mol. The van der Waals surface area contributed by atoms with Crippen LogP contribution in [0.4, 0.5) is 0 Å². The number of aliphatic hydroxyl groups is 1. The molecule has 5 nitrogen and oxygen atoms in total. The van der Waals surface area contributed by atoms with Crippen molar-refractivity contribution in [2.24, 2.45) is 0 Å². The smallest absolute Gasteiger partial charge is 0.371 e. The minimum atomic E-state index is -1.56. The SMILES string of the molecule is CN(Cc1cc(Cl)cc(Cl)c1)C(=O)C=C(O)C(=O)O. The lowest BCUT2D eigenvalue weighted by atomic mass is 10.2. The number of halogens is 2. The van der Waals surface area contributed by atoms with Gasteiger partial charge in [0.15, 0.2) is 0 Å². The number of benzene rings is 1. The number of hydrogen-bond donors (Lipinski definition) is 2. The van der Waals surface area contributed by atoms with Gasteiger partial charge >= 0.3 is 5.97 Å². The van der Waals surface area contributed by atoms with Crippen molar-refractivity contribution in [2.45, 2.75) is 6.54 Å². The van der Waals surface area contributed by atoms with Crippen LogP contribution in [0.15, 0.2) is 30.0 Å². The lowest BCUT2D eigenvalue weighted by molar-refractivity contribution is -0.136. The molecule has 0 aromatic heterocycles. The van der Waals surface area contributed by atoms with Crippen LogP contribution in [0.5, 0.6) is 0 Å². The fraction of sp³-hybridized carbons (Fsp3) is 0.167. The van der Waals surface area contributed by atoms with Crippen LogP contribution in [-0.2, 0) is 16.1 Å². The number of hydrogen-bond acceptors (Lipinski definition) is 3. The molecular formula is C12H11Cl2NO4. The van der Waals surface area contributed by atoms with Crippen LogP contribution >= 0.6 is 23.2 Å². The number of aliphatic carboxylic acids is 1. The van der Waals surface area contributed by atoms with Gasteiger partial charge in [0.05, 0.1) is 6.08 Å². The average molecular weight is 304 g/mol. The molecule has 0 unspecified atom stereocenters. The van der Waals surface area contributed by atoms with Gasteiger partial charge in [-0.3, -0.25) is 4.79 Å². The molecule has 0 radical (unpaired) electrons. The zero-order valence-electron chi connectivity index (χ0n) is 9.93. The molecule has 0 aliphatic rings. The largest absolute Gasteiger partial charge is 0.502 e. The first-order chi connectivity index (χ1) is 8.79. The number of carbonyl (C=O) groups excluding carboxylic acids is 1. The van der Waals surface area contributed by atoms with Crippen LogP contribution in [0.2, 0.25) is 10.0 Å². The molecule has 0 saturated heterocycles. The number of rotatable bonds is 4. The molecule has 7 heteroatoms. The van der Waals surface area contributed by atoms with Crippen molar-refractivity contribution in [3.8, 4) is 0 Å². The molecule has 0 saturated carbocycles. The molecule has 0 atom stereocenters. The highest BCUT2D eigenvalue weighted by atomic mass is 35.5. The second-order valence-electron chi connectivity index (χ2n) is 3.81. The topological polar surface area (TPSA) is 77.8 Å². The summed E-state index contributed by atoms with van der Waals surface area (Å²) in [5, 5.41) is 18.3. The van der Waals surface area contributed by atoms with Gasteiger partial charge in [-0.25, -0.2) is 4.79 Å². The Morgan fingerprint density at radius 1 is 1.21 bits per heavy atom. The number of nitrogens with zero attached hydrogens (tertiary/aromatic N) is 1. The van der Waals surface area contributed by atoms with Crippen LogP contribution in [0.1, 0.15) is 5.56 Å². The van der Waals surface area contributed by atoms with E-state index in [1.807, 2.05) is 0 Å².